The van der Waals surface area contributed by atoms with Crippen LogP contribution in [0.5, 0.6) is 0 Å². The smallest absolute Gasteiger partial charge is 0.248 e. The van der Waals surface area contributed by atoms with Gasteiger partial charge in [0, 0.05) is 36.7 Å². The van der Waals surface area contributed by atoms with Gasteiger partial charge in [0.05, 0.1) is 6.33 Å². The van der Waals surface area contributed by atoms with Crippen LogP contribution in [0.15, 0.2) is 47.5 Å². The maximum absolute atomic E-state index is 6.42. The number of aromatic nitrogens is 4. The number of imidazole rings is 1. The predicted molar refractivity (Wildman–Crippen MR) is 84.8 cm³/mol. The second kappa shape index (κ2) is 5.29. The van der Waals surface area contributed by atoms with Crippen molar-refractivity contribution in [2.24, 2.45) is 5.73 Å². The number of hydrogen-bond acceptors (Lipinski definition) is 6. The lowest BCUT2D eigenvalue weighted by Gasteiger charge is -2.18. The van der Waals surface area contributed by atoms with E-state index in [2.05, 4.69) is 20.0 Å². The van der Waals surface area contributed by atoms with E-state index in [0.717, 1.165) is 30.8 Å². The van der Waals surface area contributed by atoms with E-state index in [1.54, 1.807) is 12.5 Å². The third kappa shape index (κ3) is 2.54. The van der Waals surface area contributed by atoms with Crippen LogP contribution < -0.4 is 5.73 Å². The zero-order valence-corrected chi connectivity index (χ0v) is 12.9. The summed E-state index contributed by atoms with van der Waals surface area (Å²) >= 11 is 0. The molecule has 2 aromatic heterocycles. The van der Waals surface area contributed by atoms with Crippen molar-refractivity contribution in [2.45, 2.75) is 12.0 Å². The molecule has 0 aliphatic carbocycles. The van der Waals surface area contributed by atoms with Gasteiger partial charge in [-0.3, -0.25) is 0 Å². The van der Waals surface area contributed by atoms with Gasteiger partial charge in [0.1, 0.15) is 5.54 Å². The zero-order chi connectivity index (χ0) is 15.9. The summed E-state index contributed by atoms with van der Waals surface area (Å²) in [4.78, 5) is 10.8. The maximum atomic E-state index is 6.42. The number of nitrogens with two attached hydrogens (primary N) is 1. The van der Waals surface area contributed by atoms with E-state index in [9.17, 15) is 0 Å². The summed E-state index contributed by atoms with van der Waals surface area (Å²) in [5, 5.41) is 4.11. The highest BCUT2D eigenvalue weighted by molar-refractivity contribution is 5.58. The Morgan fingerprint density at radius 1 is 1.35 bits per heavy atom. The van der Waals surface area contributed by atoms with Crippen LogP contribution >= 0.6 is 0 Å². The van der Waals surface area contributed by atoms with E-state index in [0.29, 0.717) is 11.7 Å². The third-order valence-electron chi connectivity index (χ3n) is 4.25. The normalized spacial score (nSPS) is 21.8. The maximum Gasteiger partial charge on any atom is 0.248 e. The Morgan fingerprint density at radius 2 is 2.26 bits per heavy atom. The molecule has 1 aliphatic heterocycles. The van der Waals surface area contributed by atoms with Crippen LogP contribution in [-0.2, 0) is 5.54 Å². The zero-order valence-electron chi connectivity index (χ0n) is 12.9. The standard InChI is InChI=1S/C16H18N6O/c1-21-7-5-16(17,10-21)15-19-14(20-23-15)12-3-2-4-13(9-12)22-8-6-18-11-22/h2-4,6,8-9,11H,5,7,10,17H2,1H3. The van der Waals surface area contributed by atoms with Crippen LogP contribution in [0.25, 0.3) is 17.1 Å². The lowest BCUT2D eigenvalue weighted by atomic mass is 10.0. The van der Waals surface area contributed by atoms with Gasteiger partial charge in [-0.25, -0.2) is 4.98 Å². The van der Waals surface area contributed by atoms with Crippen molar-refractivity contribution >= 4 is 0 Å². The van der Waals surface area contributed by atoms with Gasteiger partial charge in [0.25, 0.3) is 0 Å². The van der Waals surface area contributed by atoms with Crippen LogP contribution in [0.1, 0.15) is 12.3 Å². The highest BCUT2D eigenvalue weighted by atomic mass is 16.5. The van der Waals surface area contributed by atoms with Gasteiger partial charge in [-0.15, -0.1) is 0 Å². The fourth-order valence-corrected chi connectivity index (χ4v) is 2.97. The Hall–Kier alpha value is -2.51. The van der Waals surface area contributed by atoms with Gasteiger partial charge in [-0.05, 0) is 25.6 Å². The molecule has 1 aliphatic rings. The molecule has 2 N–H and O–H groups in total. The van der Waals surface area contributed by atoms with Crippen molar-refractivity contribution in [3.63, 3.8) is 0 Å². The van der Waals surface area contributed by atoms with E-state index >= 15 is 0 Å². The lowest BCUT2D eigenvalue weighted by molar-refractivity contribution is 0.278. The van der Waals surface area contributed by atoms with Crippen LogP contribution in [-0.4, -0.2) is 44.7 Å². The number of likely N-dealkylation sites (tertiary alicyclic amines) is 1. The van der Waals surface area contributed by atoms with Gasteiger partial charge >= 0.3 is 0 Å². The van der Waals surface area contributed by atoms with E-state index in [-0.39, 0.29) is 0 Å². The monoisotopic (exact) mass is 310 g/mol. The Bertz CT molecular complexity index is 812. The highest BCUT2D eigenvalue weighted by Gasteiger charge is 2.39. The molecule has 1 aromatic carbocycles. The first-order chi connectivity index (χ1) is 11.1. The highest BCUT2D eigenvalue weighted by Crippen LogP contribution is 2.29. The Balaban J connectivity index is 1.66. The molecule has 0 radical (unpaired) electrons. The first kappa shape index (κ1) is 14.1. The number of likely N-dealkylation sites (N-methyl/N-ethyl adjacent to an activating group) is 1. The Labute approximate surface area is 133 Å². The summed E-state index contributed by atoms with van der Waals surface area (Å²) in [6.07, 6.45) is 6.21. The van der Waals surface area contributed by atoms with E-state index in [1.807, 2.05) is 42.1 Å². The average Bonchev–Trinajstić information content (AvgIpc) is 3.28. The number of rotatable bonds is 3. The van der Waals surface area contributed by atoms with Gasteiger partial charge in [-0.2, -0.15) is 4.98 Å². The second-order valence-corrected chi connectivity index (χ2v) is 6.09. The fourth-order valence-electron chi connectivity index (χ4n) is 2.97. The first-order valence-electron chi connectivity index (χ1n) is 7.54. The molecule has 1 atom stereocenters. The topological polar surface area (TPSA) is 86.0 Å². The largest absolute Gasteiger partial charge is 0.337 e. The Kier molecular flexibility index (Phi) is 3.24. The molecule has 7 nitrogen and oxygen atoms in total. The molecule has 1 unspecified atom stereocenters. The summed E-state index contributed by atoms with van der Waals surface area (Å²) in [6, 6.07) is 7.92. The third-order valence-corrected chi connectivity index (χ3v) is 4.25. The first-order valence-corrected chi connectivity index (χ1v) is 7.54. The molecule has 0 saturated carbocycles. The average molecular weight is 310 g/mol. The SMILES string of the molecule is CN1CCC(N)(c2nc(-c3cccc(-n4ccnc4)c3)no2)C1. The summed E-state index contributed by atoms with van der Waals surface area (Å²) in [7, 11) is 2.04. The van der Waals surface area contributed by atoms with E-state index < -0.39 is 5.54 Å². The van der Waals surface area contributed by atoms with Gasteiger partial charge in [0.15, 0.2) is 0 Å². The minimum atomic E-state index is -0.554. The molecule has 23 heavy (non-hydrogen) atoms. The number of hydrogen-bond donors (Lipinski definition) is 1. The van der Waals surface area contributed by atoms with Crippen LogP contribution in [0, 0.1) is 0 Å². The van der Waals surface area contributed by atoms with Gasteiger partial charge < -0.3 is 19.7 Å². The molecule has 1 fully saturated rings. The van der Waals surface area contributed by atoms with E-state index in [1.165, 1.54) is 0 Å². The Morgan fingerprint density at radius 3 is 3.00 bits per heavy atom. The van der Waals surface area contributed by atoms with Gasteiger partial charge in [0.2, 0.25) is 11.7 Å². The molecule has 3 heterocycles. The molecule has 7 heteroatoms. The summed E-state index contributed by atoms with van der Waals surface area (Å²) in [5.74, 6) is 1.06. The molecular formula is C16H18N6O. The van der Waals surface area contributed by atoms with E-state index in [4.69, 9.17) is 10.3 Å². The van der Waals surface area contributed by atoms with Crippen molar-refractivity contribution in [1.82, 2.24) is 24.6 Å². The molecule has 3 aromatic rings. The van der Waals surface area contributed by atoms with Crippen molar-refractivity contribution < 1.29 is 4.52 Å². The minimum absolute atomic E-state index is 0.505. The van der Waals surface area contributed by atoms with Crippen molar-refractivity contribution in [3.05, 3.63) is 48.9 Å². The second-order valence-electron chi connectivity index (χ2n) is 6.09. The minimum Gasteiger partial charge on any atom is -0.337 e. The molecule has 1 saturated heterocycles. The van der Waals surface area contributed by atoms with Crippen LogP contribution in [0.2, 0.25) is 0 Å². The molecular weight excluding hydrogens is 292 g/mol. The molecule has 118 valence electrons. The molecule has 4 rings (SSSR count). The summed E-state index contributed by atoms with van der Waals surface area (Å²) in [5.41, 5.74) is 7.75. The number of nitrogens with zero attached hydrogens (tertiary/aromatic N) is 5. The number of benzene rings is 1. The lowest BCUT2D eigenvalue weighted by Crippen LogP contribution is -2.39. The van der Waals surface area contributed by atoms with Crippen LogP contribution in [0.4, 0.5) is 0 Å². The predicted octanol–water partition coefficient (Wildman–Crippen LogP) is 1.41. The quantitative estimate of drug-likeness (QED) is 0.787. The summed E-state index contributed by atoms with van der Waals surface area (Å²) in [6.45, 7) is 1.66. The van der Waals surface area contributed by atoms with Crippen LogP contribution in [0.3, 0.4) is 0 Å². The molecule has 0 amide bonds. The van der Waals surface area contributed by atoms with Crippen molar-refractivity contribution in [2.75, 3.05) is 20.1 Å². The molecule has 0 bridgehead atoms. The van der Waals surface area contributed by atoms with Crippen molar-refractivity contribution in [1.29, 1.82) is 0 Å². The fraction of sp³-hybridized carbons (Fsp3) is 0.312. The van der Waals surface area contributed by atoms with Gasteiger partial charge in [-0.1, -0.05) is 17.3 Å². The summed E-state index contributed by atoms with van der Waals surface area (Å²) < 4.78 is 7.38. The van der Waals surface area contributed by atoms with Crippen molar-refractivity contribution in [3.8, 4) is 17.1 Å². The molecule has 0 spiro atoms.